The van der Waals surface area contributed by atoms with Crippen molar-refractivity contribution in [3.05, 3.63) is 35.5 Å². The molecule has 0 fully saturated rings. The Hall–Kier alpha value is -1.44. The summed E-state index contributed by atoms with van der Waals surface area (Å²) in [5, 5.41) is 0. The van der Waals surface area contributed by atoms with Gasteiger partial charge in [-0.3, -0.25) is 9.59 Å². The lowest BCUT2D eigenvalue weighted by atomic mass is 9.96. The van der Waals surface area contributed by atoms with E-state index in [2.05, 4.69) is 0 Å². The van der Waals surface area contributed by atoms with Gasteiger partial charge in [0.05, 0.1) is 0 Å². The molecule has 1 rings (SSSR count). The zero-order valence-electron chi connectivity index (χ0n) is 7.83. The first-order valence-corrected chi connectivity index (χ1v) is 4.31. The Kier molecular flexibility index (Phi) is 2.96. The highest BCUT2D eigenvalue weighted by Gasteiger charge is 2.16. The van der Waals surface area contributed by atoms with Crippen molar-refractivity contribution in [3.8, 4) is 0 Å². The number of ketones is 2. The molecule has 2 nitrogen and oxygen atoms in total. The summed E-state index contributed by atoms with van der Waals surface area (Å²) < 4.78 is 0. The van der Waals surface area contributed by atoms with Crippen molar-refractivity contribution >= 4 is 11.6 Å². The van der Waals surface area contributed by atoms with Gasteiger partial charge in [0.1, 0.15) is 0 Å². The van der Waals surface area contributed by atoms with Crippen LogP contribution in [0.15, 0.2) is 35.5 Å². The Morgan fingerprint density at radius 1 is 1.23 bits per heavy atom. The Bertz CT molecular complexity index is 330. The van der Waals surface area contributed by atoms with Gasteiger partial charge < -0.3 is 0 Å². The average Bonchev–Trinajstić information content (AvgIpc) is 2.12. The lowest BCUT2D eigenvalue weighted by Crippen LogP contribution is -2.10. The van der Waals surface area contributed by atoms with Crippen molar-refractivity contribution in [2.75, 3.05) is 0 Å². The van der Waals surface area contributed by atoms with Gasteiger partial charge in [0, 0.05) is 11.1 Å². The summed E-state index contributed by atoms with van der Waals surface area (Å²) in [5.41, 5.74) is 1.06. The van der Waals surface area contributed by atoms with Crippen LogP contribution in [0.1, 0.15) is 20.3 Å². The minimum absolute atomic E-state index is 0.0737. The number of carbonyl (C=O) groups excluding carboxylic acids is 2. The molecule has 1 aliphatic rings. The van der Waals surface area contributed by atoms with Crippen molar-refractivity contribution in [1.29, 1.82) is 0 Å². The summed E-state index contributed by atoms with van der Waals surface area (Å²) in [6, 6.07) is 0. The van der Waals surface area contributed by atoms with Gasteiger partial charge in [-0.05, 0) is 25.5 Å². The maximum Gasteiger partial charge on any atom is 0.186 e. The van der Waals surface area contributed by atoms with Crippen LogP contribution in [-0.4, -0.2) is 11.6 Å². The van der Waals surface area contributed by atoms with E-state index in [1.165, 1.54) is 12.2 Å². The molecule has 0 saturated carbocycles. The second kappa shape index (κ2) is 3.99. The van der Waals surface area contributed by atoms with E-state index >= 15 is 0 Å². The van der Waals surface area contributed by atoms with Gasteiger partial charge >= 0.3 is 0 Å². The van der Waals surface area contributed by atoms with Crippen LogP contribution in [-0.2, 0) is 9.59 Å². The zero-order valence-corrected chi connectivity index (χ0v) is 7.83. The lowest BCUT2D eigenvalue weighted by Gasteiger charge is -2.06. The van der Waals surface area contributed by atoms with Crippen LogP contribution >= 0.6 is 0 Å². The fourth-order valence-corrected chi connectivity index (χ4v) is 1.13. The fourth-order valence-electron chi connectivity index (χ4n) is 1.13. The second-order valence-electron chi connectivity index (χ2n) is 2.91. The summed E-state index contributed by atoms with van der Waals surface area (Å²) in [5.74, 6) is -0.155. The maximum atomic E-state index is 11.3. The predicted octanol–water partition coefficient (Wildman–Crippen LogP) is 1.98. The van der Waals surface area contributed by atoms with Gasteiger partial charge in [-0.15, -0.1) is 0 Å². The molecule has 68 valence electrons. The summed E-state index contributed by atoms with van der Waals surface area (Å²) in [7, 11) is 0. The van der Waals surface area contributed by atoms with Crippen molar-refractivity contribution in [1.82, 2.24) is 0 Å². The Labute approximate surface area is 77.6 Å². The molecule has 13 heavy (non-hydrogen) atoms. The first-order valence-electron chi connectivity index (χ1n) is 4.31. The van der Waals surface area contributed by atoms with E-state index < -0.39 is 0 Å². The standard InChI is InChI=1S/C11H12O2/c1-3-4-5-9-8(2)10(12)6-7-11(9)13/h4-7H,3H2,1-2H3. The van der Waals surface area contributed by atoms with E-state index in [4.69, 9.17) is 0 Å². The number of hydrogen-bond acceptors (Lipinski definition) is 2. The number of allylic oxidation sites excluding steroid dienone is 6. The van der Waals surface area contributed by atoms with Crippen LogP contribution in [0.5, 0.6) is 0 Å². The maximum absolute atomic E-state index is 11.3. The van der Waals surface area contributed by atoms with E-state index in [1.54, 1.807) is 13.0 Å². The quantitative estimate of drug-likeness (QED) is 0.603. The second-order valence-corrected chi connectivity index (χ2v) is 2.91. The molecule has 0 atom stereocenters. The Morgan fingerprint density at radius 2 is 1.85 bits per heavy atom. The van der Waals surface area contributed by atoms with E-state index in [0.29, 0.717) is 11.1 Å². The Morgan fingerprint density at radius 3 is 2.46 bits per heavy atom. The minimum atomic E-state index is -0.0817. The van der Waals surface area contributed by atoms with Crippen molar-refractivity contribution in [2.24, 2.45) is 0 Å². The molecule has 1 aliphatic carbocycles. The number of carbonyl (C=O) groups is 2. The topological polar surface area (TPSA) is 34.1 Å². The van der Waals surface area contributed by atoms with Crippen LogP contribution in [0, 0.1) is 0 Å². The average molecular weight is 176 g/mol. The van der Waals surface area contributed by atoms with E-state index in [9.17, 15) is 9.59 Å². The monoisotopic (exact) mass is 176 g/mol. The largest absolute Gasteiger partial charge is 0.290 e. The van der Waals surface area contributed by atoms with Crippen LogP contribution in [0.3, 0.4) is 0 Å². The molecule has 0 radical (unpaired) electrons. The zero-order chi connectivity index (χ0) is 9.84. The van der Waals surface area contributed by atoms with Crippen LogP contribution in [0.25, 0.3) is 0 Å². The van der Waals surface area contributed by atoms with Crippen LogP contribution in [0.4, 0.5) is 0 Å². The molecule has 0 spiro atoms. The minimum Gasteiger partial charge on any atom is -0.290 e. The molecule has 2 heteroatoms. The molecule has 0 aromatic carbocycles. The molecule has 0 saturated heterocycles. The molecule has 0 aromatic heterocycles. The highest BCUT2D eigenvalue weighted by molar-refractivity contribution is 6.21. The van der Waals surface area contributed by atoms with Gasteiger partial charge in [-0.2, -0.15) is 0 Å². The molecule has 0 aliphatic heterocycles. The molecule has 0 N–H and O–H groups in total. The first kappa shape index (κ1) is 9.65. The summed E-state index contributed by atoms with van der Waals surface area (Å²) in [4.78, 5) is 22.5. The fraction of sp³-hybridized carbons (Fsp3) is 0.273. The van der Waals surface area contributed by atoms with Crippen LogP contribution < -0.4 is 0 Å². The third-order valence-corrected chi connectivity index (χ3v) is 1.95. The van der Waals surface area contributed by atoms with Crippen molar-refractivity contribution in [2.45, 2.75) is 20.3 Å². The molecule has 0 amide bonds. The molecule has 0 aromatic rings. The highest BCUT2D eigenvalue weighted by atomic mass is 16.1. The summed E-state index contributed by atoms with van der Waals surface area (Å²) >= 11 is 0. The van der Waals surface area contributed by atoms with Gasteiger partial charge in [0.25, 0.3) is 0 Å². The summed E-state index contributed by atoms with van der Waals surface area (Å²) in [6.07, 6.45) is 7.11. The number of rotatable bonds is 2. The Balaban J connectivity index is 3.02. The van der Waals surface area contributed by atoms with Gasteiger partial charge in [-0.25, -0.2) is 0 Å². The molecule has 0 unspecified atom stereocenters. The van der Waals surface area contributed by atoms with Gasteiger partial charge in [-0.1, -0.05) is 19.1 Å². The van der Waals surface area contributed by atoms with Gasteiger partial charge in [0.15, 0.2) is 11.6 Å². The third-order valence-electron chi connectivity index (χ3n) is 1.95. The summed E-state index contributed by atoms with van der Waals surface area (Å²) in [6.45, 7) is 3.66. The van der Waals surface area contributed by atoms with E-state index in [1.807, 2.05) is 13.0 Å². The third kappa shape index (κ3) is 2.02. The van der Waals surface area contributed by atoms with Crippen LogP contribution in [0.2, 0.25) is 0 Å². The predicted molar refractivity (Wildman–Crippen MR) is 51.3 cm³/mol. The van der Waals surface area contributed by atoms with E-state index in [-0.39, 0.29) is 11.6 Å². The van der Waals surface area contributed by atoms with E-state index in [0.717, 1.165) is 6.42 Å². The number of hydrogen-bond donors (Lipinski definition) is 0. The molecular weight excluding hydrogens is 164 g/mol. The smallest absolute Gasteiger partial charge is 0.186 e. The highest BCUT2D eigenvalue weighted by Crippen LogP contribution is 2.14. The normalized spacial score (nSPS) is 17.7. The molecule has 0 bridgehead atoms. The lowest BCUT2D eigenvalue weighted by molar-refractivity contribution is -0.115. The molecular formula is C11H12O2. The molecule has 0 heterocycles. The SMILES string of the molecule is CCC=CC1=C(C)C(=O)C=CC1=O. The first-order chi connectivity index (χ1) is 6.16. The van der Waals surface area contributed by atoms with Crippen molar-refractivity contribution in [3.63, 3.8) is 0 Å². The van der Waals surface area contributed by atoms with Crippen molar-refractivity contribution < 1.29 is 9.59 Å². The van der Waals surface area contributed by atoms with Gasteiger partial charge in [0.2, 0.25) is 0 Å².